The first-order chi connectivity index (χ1) is 8.03. The predicted octanol–water partition coefficient (Wildman–Crippen LogP) is 1.15. The molecule has 0 atom stereocenters. The molecule has 1 heterocycles. The van der Waals surface area contributed by atoms with E-state index in [4.69, 9.17) is 5.11 Å². The van der Waals surface area contributed by atoms with Crippen molar-refractivity contribution in [3.63, 3.8) is 0 Å². The van der Waals surface area contributed by atoms with Crippen LogP contribution in [-0.4, -0.2) is 26.8 Å². The van der Waals surface area contributed by atoms with E-state index in [1.54, 1.807) is 17.0 Å². The molecular weight excluding hydrogens is 218 g/mol. The Morgan fingerprint density at radius 3 is 2.88 bits per heavy atom. The summed E-state index contributed by atoms with van der Waals surface area (Å²) in [6.45, 7) is 3.97. The zero-order valence-electron chi connectivity index (χ0n) is 10.3. The van der Waals surface area contributed by atoms with Crippen LogP contribution in [0.5, 0.6) is 0 Å². The van der Waals surface area contributed by atoms with Crippen molar-refractivity contribution in [3.05, 3.63) is 22.7 Å². The van der Waals surface area contributed by atoms with E-state index in [0.29, 0.717) is 18.3 Å². The summed E-state index contributed by atoms with van der Waals surface area (Å²) < 4.78 is 1.74. The van der Waals surface area contributed by atoms with Crippen molar-refractivity contribution < 1.29 is 5.11 Å². The molecule has 94 valence electrons. The summed E-state index contributed by atoms with van der Waals surface area (Å²) in [6, 6.07) is 0.354. The Bertz CT molecular complexity index is 449. The van der Waals surface area contributed by atoms with E-state index in [9.17, 15) is 4.79 Å². The predicted molar refractivity (Wildman–Crippen MR) is 66.2 cm³/mol. The number of hydrogen-bond acceptors (Lipinski definition) is 4. The first-order valence-electron chi connectivity index (χ1n) is 6.00. The van der Waals surface area contributed by atoms with Crippen LogP contribution in [0, 0.1) is 0 Å². The van der Waals surface area contributed by atoms with Gasteiger partial charge in [-0.25, -0.2) is 4.98 Å². The Kier molecular flexibility index (Phi) is 3.19. The van der Waals surface area contributed by atoms with E-state index in [0.717, 1.165) is 12.8 Å². The molecule has 0 aromatic carbocycles. The summed E-state index contributed by atoms with van der Waals surface area (Å²) in [6.07, 6.45) is 6.11. The largest absolute Gasteiger partial charge is 0.396 e. The van der Waals surface area contributed by atoms with Crippen molar-refractivity contribution in [2.24, 2.45) is 0 Å². The zero-order chi connectivity index (χ0) is 12.5. The Balaban J connectivity index is 2.21. The first-order valence-corrected chi connectivity index (χ1v) is 6.00. The highest BCUT2D eigenvalue weighted by Crippen LogP contribution is 2.33. The van der Waals surface area contributed by atoms with E-state index in [1.165, 1.54) is 0 Å². The molecule has 2 N–H and O–H groups in total. The average Bonchev–Trinajstić information content (AvgIpc) is 3.04. The second kappa shape index (κ2) is 4.49. The molecule has 0 bridgehead atoms. The van der Waals surface area contributed by atoms with Crippen molar-refractivity contribution in [1.82, 2.24) is 9.55 Å². The number of aromatic nitrogens is 2. The number of anilines is 1. The summed E-state index contributed by atoms with van der Waals surface area (Å²) >= 11 is 0. The van der Waals surface area contributed by atoms with Crippen LogP contribution < -0.4 is 10.9 Å². The van der Waals surface area contributed by atoms with E-state index in [2.05, 4.69) is 10.3 Å². The summed E-state index contributed by atoms with van der Waals surface area (Å²) in [7, 11) is 0. The van der Waals surface area contributed by atoms with Gasteiger partial charge in [0, 0.05) is 30.6 Å². The normalized spacial score (nSPS) is 15.9. The molecule has 1 aromatic heterocycles. The van der Waals surface area contributed by atoms with Crippen LogP contribution in [0.25, 0.3) is 0 Å². The molecule has 2 rings (SSSR count). The standard InChI is InChI=1S/C12H19N3O2/c1-12(2,5-8-16)14-10-11(17)15(7-6-13-10)9-3-4-9/h6-7,9,16H,3-5,8H2,1-2H3,(H,13,14). The number of aliphatic hydroxyl groups excluding tert-OH is 1. The van der Waals surface area contributed by atoms with Crippen LogP contribution in [-0.2, 0) is 0 Å². The molecule has 1 saturated carbocycles. The Labute approximate surface area is 100 Å². The lowest BCUT2D eigenvalue weighted by atomic mass is 10.0. The molecule has 0 amide bonds. The smallest absolute Gasteiger partial charge is 0.293 e. The Hall–Kier alpha value is -1.36. The maximum Gasteiger partial charge on any atom is 0.293 e. The molecule has 1 aliphatic rings. The quantitative estimate of drug-likeness (QED) is 0.806. The van der Waals surface area contributed by atoms with Gasteiger partial charge in [0.2, 0.25) is 0 Å². The Morgan fingerprint density at radius 1 is 1.59 bits per heavy atom. The van der Waals surface area contributed by atoms with Crippen LogP contribution in [0.3, 0.4) is 0 Å². The minimum absolute atomic E-state index is 0.0685. The molecule has 0 unspecified atom stereocenters. The SMILES string of the molecule is CC(C)(CCO)Nc1nccn(C2CC2)c1=O. The molecule has 0 spiro atoms. The van der Waals surface area contributed by atoms with Crippen molar-refractivity contribution in [1.29, 1.82) is 0 Å². The highest BCUT2D eigenvalue weighted by molar-refractivity contribution is 5.34. The third kappa shape index (κ3) is 2.85. The Morgan fingerprint density at radius 2 is 2.29 bits per heavy atom. The average molecular weight is 237 g/mol. The molecule has 5 heteroatoms. The second-order valence-electron chi connectivity index (χ2n) is 5.20. The van der Waals surface area contributed by atoms with Gasteiger partial charge in [0.15, 0.2) is 5.82 Å². The molecule has 0 aliphatic heterocycles. The van der Waals surface area contributed by atoms with Crippen LogP contribution in [0.15, 0.2) is 17.2 Å². The third-order valence-corrected chi connectivity index (χ3v) is 3.00. The zero-order valence-corrected chi connectivity index (χ0v) is 10.3. The van der Waals surface area contributed by atoms with Crippen LogP contribution >= 0.6 is 0 Å². The molecule has 1 aromatic rings. The summed E-state index contributed by atoms with van der Waals surface area (Å²) in [5, 5.41) is 12.1. The van der Waals surface area contributed by atoms with Crippen LogP contribution in [0.2, 0.25) is 0 Å². The molecular formula is C12H19N3O2. The number of nitrogens with zero attached hydrogens (tertiary/aromatic N) is 2. The van der Waals surface area contributed by atoms with Crippen LogP contribution in [0.4, 0.5) is 5.82 Å². The van der Waals surface area contributed by atoms with Gasteiger partial charge >= 0.3 is 0 Å². The number of rotatable bonds is 5. The first kappa shape index (κ1) is 12.1. The minimum Gasteiger partial charge on any atom is -0.396 e. The van der Waals surface area contributed by atoms with Gasteiger partial charge in [-0.15, -0.1) is 0 Å². The maximum atomic E-state index is 12.1. The van der Waals surface area contributed by atoms with E-state index < -0.39 is 0 Å². The van der Waals surface area contributed by atoms with Gasteiger partial charge in [-0.05, 0) is 33.1 Å². The summed E-state index contributed by atoms with van der Waals surface area (Å²) in [5.74, 6) is 0.373. The van der Waals surface area contributed by atoms with Gasteiger partial charge in [0.1, 0.15) is 0 Å². The molecule has 0 saturated heterocycles. The van der Waals surface area contributed by atoms with Crippen molar-refractivity contribution >= 4 is 5.82 Å². The molecule has 17 heavy (non-hydrogen) atoms. The fourth-order valence-corrected chi connectivity index (χ4v) is 1.81. The lowest BCUT2D eigenvalue weighted by molar-refractivity contribution is 0.260. The highest BCUT2D eigenvalue weighted by Gasteiger charge is 2.26. The van der Waals surface area contributed by atoms with E-state index in [-0.39, 0.29) is 17.7 Å². The monoisotopic (exact) mass is 237 g/mol. The lowest BCUT2D eigenvalue weighted by Crippen LogP contribution is -2.36. The molecule has 5 nitrogen and oxygen atoms in total. The van der Waals surface area contributed by atoms with Crippen molar-refractivity contribution in [2.45, 2.75) is 44.7 Å². The van der Waals surface area contributed by atoms with Crippen LogP contribution in [0.1, 0.15) is 39.2 Å². The molecule has 1 fully saturated rings. The summed E-state index contributed by atoms with van der Waals surface area (Å²) in [4.78, 5) is 16.2. The second-order valence-corrected chi connectivity index (χ2v) is 5.20. The van der Waals surface area contributed by atoms with Gasteiger partial charge in [-0.3, -0.25) is 4.79 Å². The van der Waals surface area contributed by atoms with Gasteiger partial charge in [0.25, 0.3) is 5.56 Å². The van der Waals surface area contributed by atoms with Crippen molar-refractivity contribution in [3.8, 4) is 0 Å². The van der Waals surface area contributed by atoms with E-state index in [1.807, 2.05) is 13.8 Å². The fourth-order valence-electron chi connectivity index (χ4n) is 1.81. The number of aliphatic hydroxyl groups is 1. The number of nitrogens with one attached hydrogen (secondary N) is 1. The minimum atomic E-state index is -0.330. The topological polar surface area (TPSA) is 67.2 Å². The van der Waals surface area contributed by atoms with E-state index >= 15 is 0 Å². The lowest BCUT2D eigenvalue weighted by Gasteiger charge is -2.25. The van der Waals surface area contributed by atoms with Gasteiger partial charge in [0.05, 0.1) is 0 Å². The highest BCUT2D eigenvalue weighted by atomic mass is 16.3. The van der Waals surface area contributed by atoms with Gasteiger partial charge in [-0.2, -0.15) is 0 Å². The molecule has 1 aliphatic carbocycles. The van der Waals surface area contributed by atoms with Gasteiger partial charge < -0.3 is 15.0 Å². The van der Waals surface area contributed by atoms with Crippen molar-refractivity contribution in [2.75, 3.05) is 11.9 Å². The fraction of sp³-hybridized carbons (Fsp3) is 0.667. The molecule has 0 radical (unpaired) electrons. The van der Waals surface area contributed by atoms with Gasteiger partial charge in [-0.1, -0.05) is 0 Å². The maximum absolute atomic E-state index is 12.1. The third-order valence-electron chi connectivity index (χ3n) is 3.00. The summed E-state index contributed by atoms with van der Waals surface area (Å²) in [5.41, 5.74) is -0.398. The number of hydrogen-bond donors (Lipinski definition) is 2.